The number of aliphatic hydroxyl groups excluding tert-OH is 2. The van der Waals surface area contributed by atoms with Crippen molar-refractivity contribution < 1.29 is 53.6 Å². The fourth-order valence-corrected chi connectivity index (χ4v) is 2.61. The molecule has 0 aromatic carbocycles. The van der Waals surface area contributed by atoms with Crippen molar-refractivity contribution in [3.63, 3.8) is 0 Å². The minimum Gasteiger partial charge on any atom is -0.480 e. The number of nitrogens with one attached hydrogen (secondary N) is 2. The number of thiol groups is 1. The third-order valence-corrected chi connectivity index (χ3v) is 4.43. The van der Waals surface area contributed by atoms with Crippen LogP contribution in [0.4, 0.5) is 0 Å². The lowest BCUT2D eigenvalue weighted by Gasteiger charge is -2.20. The number of carbonyl (C=O) groups excluding carboxylic acids is 5. The van der Waals surface area contributed by atoms with E-state index in [1.807, 2.05) is 0 Å². The van der Waals surface area contributed by atoms with Crippen LogP contribution in [0.15, 0.2) is 0 Å². The van der Waals surface area contributed by atoms with E-state index in [4.69, 9.17) is 20.7 Å². The number of carbonyl (C=O) groups is 6. The predicted molar refractivity (Wildman–Crippen MR) is 101 cm³/mol. The molecule has 1 saturated heterocycles. The Morgan fingerprint density at radius 3 is 2.45 bits per heavy atom. The SMILES string of the molecule is NC(CCC(=O)NC(CS)C(=O)NCC(=O)OC1C(=O)C(=O)O[C@@H]1[C@@H](O)CO)C(=O)O. The van der Waals surface area contributed by atoms with E-state index in [2.05, 4.69) is 28.0 Å². The van der Waals surface area contributed by atoms with Gasteiger partial charge in [0.2, 0.25) is 17.9 Å². The first-order valence-corrected chi connectivity index (χ1v) is 9.54. The molecule has 31 heavy (non-hydrogen) atoms. The molecular formula is C16H23N3O11S. The zero-order chi connectivity index (χ0) is 23.7. The van der Waals surface area contributed by atoms with E-state index in [0.717, 1.165) is 0 Å². The van der Waals surface area contributed by atoms with E-state index >= 15 is 0 Å². The number of amides is 2. The summed E-state index contributed by atoms with van der Waals surface area (Å²) < 4.78 is 9.32. The maximum atomic E-state index is 12.1. The van der Waals surface area contributed by atoms with Crippen LogP contribution in [0, 0.1) is 0 Å². The highest BCUT2D eigenvalue weighted by molar-refractivity contribution is 7.80. The standard InChI is InChI=1S/C16H23N3O11S/c17-6(15(26)27)1-2-9(22)19-7(5-31)14(25)18-3-10(23)29-13-11(24)16(28)30-12(13)8(21)4-20/h6-8,12-13,20-21,31H,1-5,17H2,(H,18,25)(H,19,22)(H,26,27)/t6?,7?,8-,12+,13?/m0/s1. The van der Waals surface area contributed by atoms with E-state index in [-0.39, 0.29) is 18.6 Å². The lowest BCUT2D eigenvalue weighted by Crippen LogP contribution is -2.50. The highest BCUT2D eigenvalue weighted by Crippen LogP contribution is 2.19. The summed E-state index contributed by atoms with van der Waals surface area (Å²) in [6, 6.07) is -2.42. The van der Waals surface area contributed by atoms with Crippen molar-refractivity contribution in [1.82, 2.24) is 10.6 Å². The first-order chi connectivity index (χ1) is 14.5. The quantitative estimate of drug-likeness (QED) is 0.0820. The zero-order valence-corrected chi connectivity index (χ0v) is 16.9. The summed E-state index contributed by atoms with van der Waals surface area (Å²) in [5, 5.41) is 31.6. The number of hydrogen-bond acceptors (Lipinski definition) is 12. The summed E-state index contributed by atoms with van der Waals surface area (Å²) in [7, 11) is 0. The van der Waals surface area contributed by atoms with E-state index in [9.17, 15) is 33.9 Å². The second kappa shape index (κ2) is 12.2. The van der Waals surface area contributed by atoms with E-state index in [1.165, 1.54) is 0 Å². The van der Waals surface area contributed by atoms with Crippen molar-refractivity contribution in [2.45, 2.75) is 43.2 Å². The Balaban J connectivity index is 2.54. The molecule has 0 bridgehead atoms. The van der Waals surface area contributed by atoms with Gasteiger partial charge in [0.25, 0.3) is 5.78 Å². The summed E-state index contributed by atoms with van der Waals surface area (Å²) in [5.74, 6) is -6.68. The number of Topliss-reactive ketones (excluding diaryl/α,β-unsaturated/α-hetero) is 1. The number of aliphatic hydroxyl groups is 2. The molecule has 1 aliphatic heterocycles. The molecule has 7 N–H and O–H groups in total. The van der Waals surface area contributed by atoms with E-state index < -0.39 is 79.1 Å². The van der Waals surface area contributed by atoms with Gasteiger partial charge in [0.15, 0.2) is 6.10 Å². The van der Waals surface area contributed by atoms with Gasteiger partial charge in [-0.3, -0.25) is 24.0 Å². The number of ether oxygens (including phenoxy) is 2. The third kappa shape index (κ3) is 7.78. The Kier molecular flexibility index (Phi) is 10.3. The molecule has 3 unspecified atom stereocenters. The molecule has 174 valence electrons. The number of nitrogens with two attached hydrogens (primary N) is 1. The topological polar surface area (TPSA) is 232 Å². The summed E-state index contributed by atoms with van der Waals surface area (Å²) >= 11 is 3.92. The molecule has 5 atom stereocenters. The number of cyclic esters (lactones) is 1. The number of carboxylic acid groups (broad SMARTS) is 1. The van der Waals surface area contributed by atoms with Crippen molar-refractivity contribution in [2.24, 2.45) is 5.73 Å². The van der Waals surface area contributed by atoms with Crippen LogP contribution in [0.25, 0.3) is 0 Å². The van der Waals surface area contributed by atoms with Gasteiger partial charge in [-0.2, -0.15) is 12.6 Å². The Morgan fingerprint density at radius 2 is 1.90 bits per heavy atom. The average Bonchev–Trinajstić information content (AvgIpc) is 3.01. The number of aliphatic carboxylic acids is 1. The van der Waals surface area contributed by atoms with E-state index in [1.54, 1.807) is 0 Å². The maximum Gasteiger partial charge on any atom is 0.379 e. The molecule has 1 fully saturated rings. The number of carboxylic acids is 1. The van der Waals surface area contributed by atoms with Gasteiger partial charge in [-0.25, -0.2) is 4.79 Å². The van der Waals surface area contributed by atoms with Crippen LogP contribution in [0.5, 0.6) is 0 Å². The second-order valence-electron chi connectivity index (χ2n) is 6.40. The molecule has 2 amide bonds. The Hall–Kier alpha value is -2.75. The molecule has 0 radical (unpaired) electrons. The van der Waals surface area contributed by atoms with Crippen molar-refractivity contribution in [2.75, 3.05) is 18.9 Å². The molecule has 0 aromatic rings. The molecule has 0 aliphatic carbocycles. The van der Waals surface area contributed by atoms with Gasteiger partial charge in [-0.15, -0.1) is 0 Å². The lowest BCUT2D eigenvalue weighted by molar-refractivity contribution is -0.160. The van der Waals surface area contributed by atoms with Gasteiger partial charge in [-0.05, 0) is 6.42 Å². The van der Waals surface area contributed by atoms with Crippen molar-refractivity contribution in [3.05, 3.63) is 0 Å². The highest BCUT2D eigenvalue weighted by Gasteiger charge is 2.49. The number of esters is 2. The monoisotopic (exact) mass is 465 g/mol. The smallest absolute Gasteiger partial charge is 0.379 e. The molecule has 15 heteroatoms. The molecule has 1 aliphatic rings. The minimum absolute atomic E-state index is 0.161. The van der Waals surface area contributed by atoms with Crippen LogP contribution >= 0.6 is 12.6 Å². The normalized spacial score (nSPS) is 20.9. The molecule has 14 nitrogen and oxygen atoms in total. The third-order valence-electron chi connectivity index (χ3n) is 4.07. The van der Waals surface area contributed by atoms with Crippen molar-refractivity contribution in [1.29, 1.82) is 0 Å². The number of hydrogen-bond donors (Lipinski definition) is 7. The van der Waals surface area contributed by atoms with Crippen LogP contribution in [-0.2, 0) is 38.2 Å². The fourth-order valence-electron chi connectivity index (χ4n) is 2.35. The Labute approximate surface area is 180 Å². The van der Waals surface area contributed by atoms with Gasteiger partial charge in [0, 0.05) is 12.2 Å². The van der Waals surface area contributed by atoms with Gasteiger partial charge in [-0.1, -0.05) is 0 Å². The maximum absolute atomic E-state index is 12.1. The highest BCUT2D eigenvalue weighted by atomic mass is 32.1. The molecule has 1 heterocycles. The zero-order valence-electron chi connectivity index (χ0n) is 16.1. The first kappa shape index (κ1) is 26.3. The summed E-state index contributed by atoms with van der Waals surface area (Å²) in [4.78, 5) is 69.5. The number of rotatable bonds is 12. The summed E-state index contributed by atoms with van der Waals surface area (Å²) in [5.41, 5.74) is 5.28. The average molecular weight is 465 g/mol. The number of ketones is 1. The molecular weight excluding hydrogens is 442 g/mol. The Bertz CT molecular complexity index is 732. The lowest BCUT2D eigenvalue weighted by atomic mass is 10.1. The van der Waals surface area contributed by atoms with Gasteiger partial charge >= 0.3 is 17.9 Å². The van der Waals surface area contributed by atoms with Crippen LogP contribution in [-0.4, -0.2) is 100 Å². The van der Waals surface area contributed by atoms with Crippen LogP contribution < -0.4 is 16.4 Å². The van der Waals surface area contributed by atoms with Crippen LogP contribution in [0.2, 0.25) is 0 Å². The fraction of sp³-hybridized carbons (Fsp3) is 0.625. The second-order valence-corrected chi connectivity index (χ2v) is 6.76. The molecule has 1 rings (SSSR count). The molecule has 0 saturated carbocycles. The first-order valence-electron chi connectivity index (χ1n) is 8.91. The Morgan fingerprint density at radius 1 is 1.26 bits per heavy atom. The van der Waals surface area contributed by atoms with Gasteiger partial charge in [0.1, 0.15) is 24.7 Å². The van der Waals surface area contributed by atoms with Crippen molar-refractivity contribution >= 4 is 48.1 Å². The minimum atomic E-state index is -1.79. The van der Waals surface area contributed by atoms with E-state index in [0.29, 0.717) is 0 Å². The molecule has 0 aromatic heterocycles. The summed E-state index contributed by atoms with van der Waals surface area (Å²) in [6.07, 6.45) is -5.48. The van der Waals surface area contributed by atoms with Crippen LogP contribution in [0.3, 0.4) is 0 Å². The van der Waals surface area contributed by atoms with Gasteiger partial charge in [0.05, 0.1) is 6.61 Å². The summed E-state index contributed by atoms with van der Waals surface area (Å²) in [6.45, 7) is -1.63. The van der Waals surface area contributed by atoms with Crippen molar-refractivity contribution in [3.8, 4) is 0 Å². The van der Waals surface area contributed by atoms with Gasteiger partial charge < -0.3 is 41.2 Å². The van der Waals surface area contributed by atoms with Crippen LogP contribution in [0.1, 0.15) is 12.8 Å². The predicted octanol–water partition coefficient (Wildman–Crippen LogP) is -4.53. The largest absolute Gasteiger partial charge is 0.480 e. The molecule has 0 spiro atoms.